The fourth-order valence-electron chi connectivity index (χ4n) is 1.53. The van der Waals surface area contributed by atoms with Crippen molar-refractivity contribution in [3.63, 3.8) is 0 Å². The Labute approximate surface area is 94.5 Å². The highest BCUT2D eigenvalue weighted by Crippen LogP contribution is 2.21. The summed E-state index contributed by atoms with van der Waals surface area (Å²) in [6, 6.07) is 0.852. The van der Waals surface area contributed by atoms with E-state index < -0.39 is 11.6 Å². The largest absolute Gasteiger partial charge is 0.371 e. The first kappa shape index (κ1) is 12.7. The summed E-state index contributed by atoms with van der Waals surface area (Å²) in [6.07, 6.45) is 0. The maximum atomic E-state index is 13.5. The van der Waals surface area contributed by atoms with Crippen molar-refractivity contribution in [3.05, 3.63) is 17.7 Å². The summed E-state index contributed by atoms with van der Waals surface area (Å²) in [7, 11) is 3.29. The Kier molecular flexibility index (Phi) is 4.04. The number of nitrogens with one attached hydrogen (secondary N) is 1. The van der Waals surface area contributed by atoms with Crippen molar-refractivity contribution in [2.45, 2.75) is 13.8 Å². The zero-order valence-corrected chi connectivity index (χ0v) is 10.0. The van der Waals surface area contributed by atoms with Gasteiger partial charge in [0.15, 0.2) is 23.3 Å². The monoisotopic (exact) mass is 229 g/mol. The number of aromatic nitrogens is 1. The van der Waals surface area contributed by atoms with Gasteiger partial charge >= 0.3 is 0 Å². The van der Waals surface area contributed by atoms with Gasteiger partial charge in [0.1, 0.15) is 0 Å². The Balaban J connectivity index is 3.03. The van der Waals surface area contributed by atoms with E-state index in [9.17, 15) is 8.78 Å². The molecule has 1 aromatic heterocycles. The average molecular weight is 229 g/mol. The van der Waals surface area contributed by atoms with Gasteiger partial charge in [-0.05, 0) is 5.92 Å². The highest BCUT2D eigenvalue weighted by molar-refractivity contribution is 5.48. The number of nitrogens with zero attached hydrogens (tertiary/aromatic N) is 2. The quantitative estimate of drug-likeness (QED) is 0.859. The molecule has 0 unspecified atom stereocenters. The van der Waals surface area contributed by atoms with Crippen molar-refractivity contribution in [1.29, 1.82) is 0 Å². The molecule has 0 saturated heterocycles. The molecule has 16 heavy (non-hydrogen) atoms. The molecule has 0 fully saturated rings. The van der Waals surface area contributed by atoms with Crippen LogP contribution in [0.1, 0.15) is 13.8 Å². The van der Waals surface area contributed by atoms with Crippen LogP contribution in [0, 0.1) is 17.6 Å². The summed E-state index contributed by atoms with van der Waals surface area (Å²) in [5.74, 6) is -0.706. The average Bonchev–Trinajstić information content (AvgIpc) is 2.16. The molecule has 0 radical (unpaired) electrons. The molecule has 1 aromatic rings. The Morgan fingerprint density at radius 1 is 1.38 bits per heavy atom. The van der Waals surface area contributed by atoms with E-state index in [1.807, 2.05) is 13.8 Å². The summed E-state index contributed by atoms with van der Waals surface area (Å²) >= 11 is 0. The molecule has 0 aromatic carbocycles. The molecule has 1 heterocycles. The molecule has 0 amide bonds. The summed E-state index contributed by atoms with van der Waals surface area (Å²) in [5.41, 5.74) is 0. The van der Waals surface area contributed by atoms with Gasteiger partial charge in [-0.1, -0.05) is 13.8 Å². The van der Waals surface area contributed by atoms with Crippen molar-refractivity contribution in [2.24, 2.45) is 5.92 Å². The van der Waals surface area contributed by atoms with Crippen molar-refractivity contribution in [3.8, 4) is 0 Å². The predicted molar refractivity (Wildman–Crippen MR) is 61.8 cm³/mol. The van der Waals surface area contributed by atoms with Crippen LogP contribution in [0.15, 0.2) is 6.07 Å². The number of pyridine rings is 1. The molecule has 3 nitrogen and oxygen atoms in total. The number of halogens is 2. The Morgan fingerprint density at radius 3 is 2.50 bits per heavy atom. The Bertz CT molecular complexity index is 366. The van der Waals surface area contributed by atoms with Crippen molar-refractivity contribution in [1.82, 2.24) is 4.98 Å². The van der Waals surface area contributed by atoms with E-state index in [1.165, 1.54) is 0 Å². The molecule has 0 saturated carbocycles. The van der Waals surface area contributed by atoms with Gasteiger partial charge in [-0.3, -0.25) is 0 Å². The third kappa shape index (κ3) is 2.81. The lowest BCUT2D eigenvalue weighted by Crippen LogP contribution is -2.25. The molecular weight excluding hydrogens is 212 g/mol. The standard InChI is InChI=1S/C11H17F2N3/c1-7(2)6-16(4)11-9(13)5-8(12)10(14-3)15-11/h5,7H,6H2,1-4H3,(H,14,15). The van der Waals surface area contributed by atoms with E-state index in [4.69, 9.17) is 0 Å². The molecule has 1 rings (SSSR count). The van der Waals surface area contributed by atoms with Crippen LogP contribution in [0.3, 0.4) is 0 Å². The topological polar surface area (TPSA) is 28.2 Å². The fraction of sp³-hybridized carbons (Fsp3) is 0.545. The van der Waals surface area contributed by atoms with Gasteiger partial charge in [0.2, 0.25) is 0 Å². The van der Waals surface area contributed by atoms with Crippen molar-refractivity contribution < 1.29 is 8.78 Å². The van der Waals surface area contributed by atoms with Crippen molar-refractivity contribution in [2.75, 3.05) is 30.9 Å². The zero-order chi connectivity index (χ0) is 12.3. The van der Waals surface area contributed by atoms with Gasteiger partial charge in [-0.25, -0.2) is 13.8 Å². The van der Waals surface area contributed by atoms with E-state index in [-0.39, 0.29) is 11.6 Å². The Morgan fingerprint density at radius 2 is 2.00 bits per heavy atom. The number of anilines is 2. The van der Waals surface area contributed by atoms with Crippen LogP contribution < -0.4 is 10.2 Å². The van der Waals surface area contributed by atoms with Gasteiger partial charge in [0, 0.05) is 26.7 Å². The van der Waals surface area contributed by atoms with E-state index in [0.29, 0.717) is 12.5 Å². The molecule has 1 N–H and O–H groups in total. The van der Waals surface area contributed by atoms with Crippen LogP contribution in [0.25, 0.3) is 0 Å². The molecule has 0 aliphatic heterocycles. The van der Waals surface area contributed by atoms with Crippen LogP contribution in [-0.2, 0) is 0 Å². The second-order valence-corrected chi connectivity index (χ2v) is 4.15. The van der Waals surface area contributed by atoms with Crippen LogP contribution in [-0.4, -0.2) is 25.6 Å². The first-order valence-corrected chi connectivity index (χ1v) is 5.20. The number of hydrogen-bond acceptors (Lipinski definition) is 3. The number of rotatable bonds is 4. The summed E-state index contributed by atoms with van der Waals surface area (Å²) in [6.45, 7) is 4.71. The maximum absolute atomic E-state index is 13.5. The van der Waals surface area contributed by atoms with Gasteiger partial charge in [-0.15, -0.1) is 0 Å². The first-order chi connectivity index (χ1) is 7.45. The SMILES string of the molecule is CNc1nc(N(C)CC(C)C)c(F)cc1F. The Hall–Kier alpha value is -1.39. The molecule has 0 bridgehead atoms. The molecule has 0 aliphatic rings. The molecule has 90 valence electrons. The summed E-state index contributed by atoms with van der Waals surface area (Å²) < 4.78 is 26.7. The third-order valence-corrected chi connectivity index (χ3v) is 2.15. The van der Waals surface area contributed by atoms with Gasteiger partial charge < -0.3 is 10.2 Å². The van der Waals surface area contributed by atoms with Gasteiger partial charge in [-0.2, -0.15) is 0 Å². The van der Waals surface area contributed by atoms with Crippen LogP contribution in [0.4, 0.5) is 20.4 Å². The second kappa shape index (κ2) is 5.09. The number of hydrogen-bond donors (Lipinski definition) is 1. The lowest BCUT2D eigenvalue weighted by molar-refractivity contribution is 0.564. The van der Waals surface area contributed by atoms with Crippen LogP contribution >= 0.6 is 0 Å². The first-order valence-electron chi connectivity index (χ1n) is 5.20. The smallest absolute Gasteiger partial charge is 0.168 e. The normalized spacial score (nSPS) is 10.7. The molecule has 0 atom stereocenters. The lowest BCUT2D eigenvalue weighted by atomic mass is 10.2. The van der Waals surface area contributed by atoms with E-state index in [2.05, 4.69) is 10.3 Å². The van der Waals surface area contributed by atoms with E-state index >= 15 is 0 Å². The third-order valence-electron chi connectivity index (χ3n) is 2.15. The summed E-state index contributed by atoms with van der Waals surface area (Å²) in [4.78, 5) is 5.59. The minimum Gasteiger partial charge on any atom is -0.371 e. The second-order valence-electron chi connectivity index (χ2n) is 4.15. The van der Waals surface area contributed by atoms with Crippen LogP contribution in [0.5, 0.6) is 0 Å². The zero-order valence-electron chi connectivity index (χ0n) is 10.0. The molecule has 0 aliphatic carbocycles. The highest BCUT2D eigenvalue weighted by atomic mass is 19.1. The van der Waals surface area contributed by atoms with Crippen LogP contribution in [0.2, 0.25) is 0 Å². The molecular formula is C11H17F2N3. The van der Waals surface area contributed by atoms with E-state index in [1.54, 1.807) is 19.0 Å². The van der Waals surface area contributed by atoms with Crippen molar-refractivity contribution >= 4 is 11.6 Å². The molecule has 5 heteroatoms. The van der Waals surface area contributed by atoms with Gasteiger partial charge in [0.25, 0.3) is 0 Å². The molecule has 0 spiro atoms. The predicted octanol–water partition coefficient (Wildman–Crippen LogP) is 2.49. The minimum absolute atomic E-state index is 0.0620. The highest BCUT2D eigenvalue weighted by Gasteiger charge is 2.14. The van der Waals surface area contributed by atoms with Gasteiger partial charge in [0.05, 0.1) is 0 Å². The minimum atomic E-state index is -0.679. The van der Waals surface area contributed by atoms with E-state index in [0.717, 1.165) is 6.07 Å². The lowest BCUT2D eigenvalue weighted by Gasteiger charge is -2.21. The fourth-order valence-corrected chi connectivity index (χ4v) is 1.53. The maximum Gasteiger partial charge on any atom is 0.168 e. The summed E-state index contributed by atoms with van der Waals surface area (Å²) in [5, 5.41) is 2.59.